The third-order valence-corrected chi connectivity index (χ3v) is 3.54. The summed E-state index contributed by atoms with van der Waals surface area (Å²) >= 11 is 0. The Balaban J connectivity index is 2.59. The molecule has 3 heteroatoms. The molecule has 3 nitrogen and oxygen atoms in total. The molecule has 0 heterocycles. The summed E-state index contributed by atoms with van der Waals surface area (Å²) in [5, 5.41) is 3.54. The Labute approximate surface area is 118 Å². The van der Waals surface area contributed by atoms with Gasteiger partial charge in [-0.25, -0.2) is 0 Å². The number of hydrogen-bond donors (Lipinski definition) is 1. The van der Waals surface area contributed by atoms with E-state index in [1.807, 2.05) is 6.07 Å². The zero-order chi connectivity index (χ0) is 14.4. The monoisotopic (exact) mass is 264 g/mol. The van der Waals surface area contributed by atoms with Crippen LogP contribution in [0.25, 0.3) is 0 Å². The number of methoxy groups -OCH3 is 1. The van der Waals surface area contributed by atoms with E-state index in [9.17, 15) is 0 Å². The van der Waals surface area contributed by atoms with Crippen molar-refractivity contribution in [3.05, 3.63) is 29.3 Å². The maximum atomic E-state index is 5.40. The van der Waals surface area contributed by atoms with Gasteiger partial charge in [0.2, 0.25) is 0 Å². The van der Waals surface area contributed by atoms with Crippen LogP contribution in [0.15, 0.2) is 18.2 Å². The molecule has 0 bridgehead atoms. The van der Waals surface area contributed by atoms with Gasteiger partial charge in [-0.2, -0.15) is 0 Å². The predicted molar refractivity (Wildman–Crippen MR) is 81.8 cm³/mol. The van der Waals surface area contributed by atoms with Crippen molar-refractivity contribution in [2.75, 3.05) is 27.7 Å². The molecule has 0 aliphatic heterocycles. The van der Waals surface area contributed by atoms with Gasteiger partial charge >= 0.3 is 0 Å². The van der Waals surface area contributed by atoms with Crippen molar-refractivity contribution in [2.45, 2.75) is 33.4 Å². The van der Waals surface area contributed by atoms with Crippen molar-refractivity contribution in [3.8, 4) is 5.75 Å². The molecule has 1 rings (SSSR count). The third-order valence-electron chi connectivity index (χ3n) is 3.54. The smallest absolute Gasteiger partial charge is 0.123 e. The van der Waals surface area contributed by atoms with Gasteiger partial charge in [0, 0.05) is 24.7 Å². The van der Waals surface area contributed by atoms with Gasteiger partial charge in [-0.15, -0.1) is 0 Å². The van der Waals surface area contributed by atoms with E-state index in [0.29, 0.717) is 12.0 Å². The van der Waals surface area contributed by atoms with Crippen molar-refractivity contribution in [1.82, 2.24) is 10.2 Å². The zero-order valence-corrected chi connectivity index (χ0v) is 13.2. The molecule has 0 aliphatic carbocycles. The Kier molecular flexibility index (Phi) is 6.32. The van der Waals surface area contributed by atoms with Gasteiger partial charge < -0.3 is 15.0 Å². The largest absolute Gasteiger partial charge is 0.496 e. The maximum absolute atomic E-state index is 5.40. The van der Waals surface area contributed by atoms with Crippen LogP contribution in [0, 0.1) is 12.8 Å². The van der Waals surface area contributed by atoms with E-state index in [1.54, 1.807) is 7.11 Å². The number of benzene rings is 1. The van der Waals surface area contributed by atoms with E-state index in [1.165, 1.54) is 11.1 Å². The second kappa shape index (κ2) is 7.51. The Bertz CT molecular complexity index is 380. The van der Waals surface area contributed by atoms with Crippen LogP contribution >= 0.6 is 0 Å². The first-order valence-corrected chi connectivity index (χ1v) is 6.96. The van der Waals surface area contributed by atoms with Crippen LogP contribution in [-0.4, -0.2) is 38.7 Å². The van der Waals surface area contributed by atoms with Crippen LogP contribution < -0.4 is 10.1 Å². The van der Waals surface area contributed by atoms with Crippen LogP contribution in [0.1, 0.15) is 25.0 Å². The average molecular weight is 264 g/mol. The fourth-order valence-electron chi connectivity index (χ4n) is 2.41. The van der Waals surface area contributed by atoms with Crippen LogP contribution in [0.4, 0.5) is 0 Å². The molecular weight excluding hydrogens is 236 g/mol. The molecular formula is C16H28N2O. The summed E-state index contributed by atoms with van der Waals surface area (Å²) in [5.41, 5.74) is 2.49. The lowest BCUT2D eigenvalue weighted by molar-refractivity contribution is 0.224. The average Bonchev–Trinajstić information content (AvgIpc) is 2.33. The topological polar surface area (TPSA) is 24.5 Å². The van der Waals surface area contributed by atoms with Crippen molar-refractivity contribution >= 4 is 0 Å². The predicted octanol–water partition coefficient (Wildman–Crippen LogP) is 2.68. The van der Waals surface area contributed by atoms with Crippen LogP contribution in [-0.2, 0) is 6.54 Å². The fraction of sp³-hybridized carbons (Fsp3) is 0.625. The van der Waals surface area contributed by atoms with E-state index in [-0.39, 0.29) is 0 Å². The van der Waals surface area contributed by atoms with E-state index in [4.69, 9.17) is 4.74 Å². The maximum Gasteiger partial charge on any atom is 0.123 e. The minimum atomic E-state index is 0.552. The fourth-order valence-corrected chi connectivity index (χ4v) is 2.41. The lowest BCUT2D eigenvalue weighted by Gasteiger charge is -2.28. The molecule has 0 fully saturated rings. The number of hydrogen-bond acceptors (Lipinski definition) is 3. The van der Waals surface area contributed by atoms with Gasteiger partial charge in [-0.1, -0.05) is 31.5 Å². The van der Waals surface area contributed by atoms with E-state index in [2.05, 4.69) is 57.2 Å². The molecule has 0 aromatic heterocycles. The number of aryl methyl sites for hydroxylation is 1. The normalized spacial score (nSPS) is 13.1. The number of ether oxygens (including phenoxy) is 1. The molecule has 0 aliphatic rings. The third kappa shape index (κ3) is 4.84. The molecule has 1 aromatic carbocycles. The van der Waals surface area contributed by atoms with E-state index < -0.39 is 0 Å². The highest BCUT2D eigenvalue weighted by Crippen LogP contribution is 2.19. The molecule has 1 atom stereocenters. The molecule has 0 saturated carbocycles. The van der Waals surface area contributed by atoms with Crippen molar-refractivity contribution in [2.24, 2.45) is 5.92 Å². The summed E-state index contributed by atoms with van der Waals surface area (Å²) in [5.74, 6) is 1.60. The molecule has 1 aromatic rings. The molecule has 0 spiro atoms. The Morgan fingerprint density at radius 2 is 1.95 bits per heavy atom. The summed E-state index contributed by atoms with van der Waals surface area (Å²) in [4.78, 5) is 2.28. The first-order chi connectivity index (χ1) is 8.95. The van der Waals surface area contributed by atoms with Gasteiger partial charge in [0.05, 0.1) is 7.11 Å². The van der Waals surface area contributed by atoms with Crippen molar-refractivity contribution in [3.63, 3.8) is 0 Å². The number of rotatable bonds is 7. The van der Waals surface area contributed by atoms with Crippen molar-refractivity contribution < 1.29 is 4.74 Å². The lowest BCUT2D eigenvalue weighted by atomic mass is 10.0. The van der Waals surface area contributed by atoms with Crippen LogP contribution in [0.3, 0.4) is 0 Å². The minimum absolute atomic E-state index is 0.552. The lowest BCUT2D eigenvalue weighted by Crippen LogP contribution is -2.41. The number of likely N-dealkylation sites (N-methyl/N-ethyl adjacent to an activating group) is 1. The molecule has 1 N–H and O–H groups in total. The van der Waals surface area contributed by atoms with Gasteiger partial charge in [0.15, 0.2) is 0 Å². The summed E-state index contributed by atoms with van der Waals surface area (Å²) in [6.07, 6.45) is 0. The molecule has 0 amide bonds. The highest BCUT2D eigenvalue weighted by molar-refractivity contribution is 5.36. The van der Waals surface area contributed by atoms with Gasteiger partial charge in [-0.3, -0.25) is 0 Å². The van der Waals surface area contributed by atoms with Crippen LogP contribution in [0.2, 0.25) is 0 Å². The Morgan fingerprint density at radius 3 is 2.47 bits per heavy atom. The molecule has 108 valence electrons. The Hall–Kier alpha value is -1.06. The standard InChI is InChI=1S/C16H28N2O/c1-12(2)15(18(4)5)11-17-10-14-9-13(3)7-8-16(14)19-6/h7-9,12,15,17H,10-11H2,1-6H3. The molecule has 0 radical (unpaired) electrons. The molecule has 19 heavy (non-hydrogen) atoms. The second-order valence-corrected chi connectivity index (χ2v) is 5.72. The first-order valence-electron chi connectivity index (χ1n) is 6.96. The minimum Gasteiger partial charge on any atom is -0.496 e. The Morgan fingerprint density at radius 1 is 1.26 bits per heavy atom. The van der Waals surface area contributed by atoms with Gasteiger partial charge in [-0.05, 0) is 33.0 Å². The summed E-state index contributed by atoms with van der Waals surface area (Å²) in [7, 11) is 6.00. The van der Waals surface area contributed by atoms with Crippen LogP contribution in [0.5, 0.6) is 5.75 Å². The number of nitrogens with zero attached hydrogens (tertiary/aromatic N) is 1. The summed E-state index contributed by atoms with van der Waals surface area (Å²) in [6.45, 7) is 8.47. The molecule has 0 saturated heterocycles. The first kappa shape index (κ1) is 16.0. The highest BCUT2D eigenvalue weighted by Gasteiger charge is 2.15. The number of nitrogens with one attached hydrogen (secondary N) is 1. The van der Waals surface area contributed by atoms with E-state index >= 15 is 0 Å². The summed E-state index contributed by atoms with van der Waals surface area (Å²) in [6, 6.07) is 6.86. The summed E-state index contributed by atoms with van der Waals surface area (Å²) < 4.78 is 5.40. The van der Waals surface area contributed by atoms with E-state index in [0.717, 1.165) is 18.8 Å². The SMILES string of the molecule is COc1ccc(C)cc1CNCC(C(C)C)N(C)C. The highest BCUT2D eigenvalue weighted by atomic mass is 16.5. The molecule has 1 unspecified atom stereocenters. The van der Waals surface area contributed by atoms with Crippen molar-refractivity contribution in [1.29, 1.82) is 0 Å². The van der Waals surface area contributed by atoms with Gasteiger partial charge in [0.25, 0.3) is 0 Å². The van der Waals surface area contributed by atoms with Gasteiger partial charge in [0.1, 0.15) is 5.75 Å². The quantitative estimate of drug-likeness (QED) is 0.819. The second-order valence-electron chi connectivity index (χ2n) is 5.72. The zero-order valence-electron chi connectivity index (χ0n) is 13.2.